The van der Waals surface area contributed by atoms with E-state index in [0.29, 0.717) is 24.9 Å². The zero-order chi connectivity index (χ0) is 25.2. The lowest BCUT2D eigenvalue weighted by atomic mass is 9.93. The summed E-state index contributed by atoms with van der Waals surface area (Å²) in [5.41, 5.74) is 5.60. The molecule has 1 fully saturated rings. The van der Waals surface area contributed by atoms with Gasteiger partial charge in [-0.05, 0) is 67.9 Å². The highest BCUT2D eigenvalue weighted by atomic mass is 16.5. The van der Waals surface area contributed by atoms with Gasteiger partial charge < -0.3 is 14.8 Å². The number of carboxylic acid groups (broad SMARTS) is 1. The van der Waals surface area contributed by atoms with Crippen LogP contribution in [0.4, 0.5) is 0 Å². The van der Waals surface area contributed by atoms with Crippen molar-refractivity contribution in [2.45, 2.75) is 31.9 Å². The maximum Gasteiger partial charge on any atom is 0.335 e. The van der Waals surface area contributed by atoms with Crippen LogP contribution >= 0.6 is 0 Å². The molecule has 4 heterocycles. The number of piperidine rings is 1. The summed E-state index contributed by atoms with van der Waals surface area (Å²) >= 11 is 0. The fraction of sp³-hybridized carbons (Fsp3) is 0.250. The van der Waals surface area contributed by atoms with Crippen molar-refractivity contribution in [3.05, 3.63) is 89.6 Å². The Morgan fingerprint density at radius 1 is 0.973 bits per heavy atom. The van der Waals surface area contributed by atoms with Crippen molar-refractivity contribution in [2.24, 2.45) is 0 Å². The van der Waals surface area contributed by atoms with Crippen molar-refractivity contribution < 1.29 is 14.6 Å². The highest BCUT2D eigenvalue weighted by Crippen LogP contribution is 2.29. The molecule has 1 saturated heterocycles. The van der Waals surface area contributed by atoms with Crippen molar-refractivity contribution in [2.75, 3.05) is 13.1 Å². The van der Waals surface area contributed by atoms with Crippen molar-refractivity contribution in [1.29, 1.82) is 0 Å². The number of nitrogens with one attached hydrogen (secondary N) is 1. The van der Waals surface area contributed by atoms with Crippen LogP contribution in [-0.2, 0) is 13.2 Å². The van der Waals surface area contributed by atoms with Gasteiger partial charge in [-0.25, -0.2) is 14.8 Å². The number of benzene rings is 2. The van der Waals surface area contributed by atoms with Crippen LogP contribution in [0.3, 0.4) is 0 Å². The minimum atomic E-state index is -0.938. The molecule has 6 rings (SSSR count). The number of aromatic nitrogens is 5. The highest BCUT2D eigenvalue weighted by Gasteiger charge is 2.23. The lowest BCUT2D eigenvalue weighted by molar-refractivity contribution is 0.0697. The van der Waals surface area contributed by atoms with Crippen LogP contribution < -0.4 is 4.74 Å². The van der Waals surface area contributed by atoms with E-state index in [0.717, 1.165) is 65.1 Å². The third kappa shape index (κ3) is 5.12. The standard InChI is InChI=1S/C28H26N6O3/c35-28(36)20-5-7-23-25(15-20)32-26(31-23)16-34-12-8-19(9-13-34)21-2-1-3-27(33-21)37-17-18-4-6-22-24(14-18)30-11-10-29-22/h1-7,10-11,14-15,19H,8-9,12-13,16-17H2,(H,31,32)(H,35,36). The Hall–Kier alpha value is -4.37. The Morgan fingerprint density at radius 2 is 1.78 bits per heavy atom. The molecule has 9 nitrogen and oxygen atoms in total. The molecule has 0 aliphatic carbocycles. The normalized spacial score (nSPS) is 14.8. The molecular weight excluding hydrogens is 468 g/mol. The monoisotopic (exact) mass is 494 g/mol. The summed E-state index contributed by atoms with van der Waals surface area (Å²) < 4.78 is 6.01. The number of hydrogen-bond donors (Lipinski definition) is 2. The Balaban J connectivity index is 1.05. The summed E-state index contributed by atoms with van der Waals surface area (Å²) in [5, 5.41) is 9.21. The molecule has 2 N–H and O–H groups in total. The van der Waals surface area contributed by atoms with Crippen LogP contribution in [0, 0.1) is 0 Å². The van der Waals surface area contributed by atoms with Crippen LogP contribution in [-0.4, -0.2) is 54.0 Å². The molecule has 37 heavy (non-hydrogen) atoms. The Labute approximate surface area is 213 Å². The number of hydrogen-bond acceptors (Lipinski definition) is 7. The van der Waals surface area contributed by atoms with E-state index in [4.69, 9.17) is 9.72 Å². The first-order valence-electron chi connectivity index (χ1n) is 12.3. The van der Waals surface area contributed by atoms with Crippen LogP contribution in [0.25, 0.3) is 22.1 Å². The van der Waals surface area contributed by atoms with Gasteiger partial charge in [0.1, 0.15) is 12.4 Å². The number of nitrogens with zero attached hydrogens (tertiary/aromatic N) is 5. The van der Waals surface area contributed by atoms with Crippen LogP contribution in [0.1, 0.15) is 46.2 Å². The fourth-order valence-electron chi connectivity index (χ4n) is 4.86. The highest BCUT2D eigenvalue weighted by molar-refractivity contribution is 5.92. The third-order valence-electron chi connectivity index (χ3n) is 6.82. The number of ether oxygens (including phenoxy) is 1. The third-order valence-corrected chi connectivity index (χ3v) is 6.82. The molecule has 0 spiro atoms. The van der Waals surface area contributed by atoms with E-state index in [1.165, 1.54) is 0 Å². The van der Waals surface area contributed by atoms with Crippen LogP contribution in [0.5, 0.6) is 5.88 Å². The van der Waals surface area contributed by atoms with Gasteiger partial charge in [0.15, 0.2) is 0 Å². The topological polar surface area (TPSA) is 117 Å². The number of aromatic amines is 1. The van der Waals surface area contributed by atoms with E-state index < -0.39 is 5.97 Å². The molecule has 1 aliphatic rings. The molecule has 0 unspecified atom stereocenters. The molecule has 3 aromatic heterocycles. The van der Waals surface area contributed by atoms with Gasteiger partial charge in [-0.1, -0.05) is 12.1 Å². The van der Waals surface area contributed by atoms with Crippen LogP contribution in [0.2, 0.25) is 0 Å². The quantitative estimate of drug-likeness (QED) is 0.338. The van der Waals surface area contributed by atoms with Crippen molar-refractivity contribution in [3.63, 3.8) is 0 Å². The van der Waals surface area contributed by atoms with Gasteiger partial charge in [-0.2, -0.15) is 0 Å². The minimum absolute atomic E-state index is 0.258. The van der Waals surface area contributed by atoms with E-state index >= 15 is 0 Å². The van der Waals surface area contributed by atoms with Gasteiger partial charge >= 0.3 is 5.97 Å². The van der Waals surface area contributed by atoms with Gasteiger partial charge in [-0.15, -0.1) is 0 Å². The minimum Gasteiger partial charge on any atom is -0.478 e. The van der Waals surface area contributed by atoms with Crippen molar-refractivity contribution in [1.82, 2.24) is 29.8 Å². The second kappa shape index (κ2) is 9.94. The van der Waals surface area contributed by atoms with Gasteiger partial charge in [0.05, 0.1) is 34.2 Å². The molecule has 2 aromatic carbocycles. The number of carbonyl (C=O) groups is 1. The van der Waals surface area contributed by atoms with Crippen LogP contribution in [0.15, 0.2) is 67.0 Å². The number of likely N-dealkylation sites (tertiary alicyclic amines) is 1. The summed E-state index contributed by atoms with van der Waals surface area (Å²) in [5.74, 6) is 0.919. The summed E-state index contributed by atoms with van der Waals surface area (Å²) in [6, 6.07) is 16.9. The van der Waals surface area contributed by atoms with E-state index in [-0.39, 0.29) is 5.56 Å². The molecule has 1 aliphatic heterocycles. The lowest BCUT2D eigenvalue weighted by Crippen LogP contribution is -2.33. The molecule has 0 atom stereocenters. The maximum absolute atomic E-state index is 11.2. The molecule has 0 radical (unpaired) electrons. The van der Waals surface area contributed by atoms with Crippen molar-refractivity contribution in [3.8, 4) is 5.88 Å². The molecule has 0 saturated carbocycles. The first-order valence-corrected chi connectivity index (χ1v) is 12.3. The molecule has 0 amide bonds. The first-order chi connectivity index (χ1) is 18.1. The Morgan fingerprint density at radius 3 is 2.62 bits per heavy atom. The van der Waals surface area contributed by atoms with Gasteiger partial charge in [0, 0.05) is 30.1 Å². The summed E-state index contributed by atoms with van der Waals surface area (Å²) in [6.07, 6.45) is 5.39. The molecule has 9 heteroatoms. The summed E-state index contributed by atoms with van der Waals surface area (Å²) in [7, 11) is 0. The SMILES string of the molecule is O=C(O)c1ccc2nc(CN3CCC(c4cccc(OCc5ccc6nccnc6c5)n4)CC3)[nH]c2c1. The summed E-state index contributed by atoms with van der Waals surface area (Å²) in [4.78, 5) is 35.0. The predicted molar refractivity (Wildman–Crippen MR) is 138 cm³/mol. The number of H-pyrrole nitrogens is 1. The zero-order valence-electron chi connectivity index (χ0n) is 20.2. The largest absolute Gasteiger partial charge is 0.478 e. The fourth-order valence-corrected chi connectivity index (χ4v) is 4.86. The first kappa shape index (κ1) is 23.1. The molecule has 0 bridgehead atoms. The molecular formula is C28H26N6O3. The zero-order valence-corrected chi connectivity index (χ0v) is 20.2. The second-order valence-corrected chi connectivity index (χ2v) is 9.34. The van der Waals surface area contributed by atoms with E-state index in [1.54, 1.807) is 30.6 Å². The van der Waals surface area contributed by atoms with Gasteiger partial charge in [0.2, 0.25) is 5.88 Å². The number of imidazole rings is 1. The second-order valence-electron chi connectivity index (χ2n) is 9.34. The summed E-state index contributed by atoms with van der Waals surface area (Å²) in [6.45, 7) is 3.00. The average Bonchev–Trinajstić information content (AvgIpc) is 3.34. The Kier molecular flexibility index (Phi) is 6.20. The lowest BCUT2D eigenvalue weighted by Gasteiger charge is -2.31. The average molecular weight is 495 g/mol. The maximum atomic E-state index is 11.2. The Bertz CT molecular complexity index is 1580. The number of aromatic carboxylic acids is 1. The van der Waals surface area contributed by atoms with Crippen molar-refractivity contribution >= 4 is 28.0 Å². The number of fused-ring (bicyclic) bond motifs is 2. The van der Waals surface area contributed by atoms with E-state index in [2.05, 4.69) is 30.9 Å². The molecule has 5 aromatic rings. The van der Waals surface area contributed by atoms with E-state index in [9.17, 15) is 9.90 Å². The number of pyridine rings is 1. The van der Waals surface area contributed by atoms with Gasteiger partial charge in [0.25, 0.3) is 0 Å². The molecule has 186 valence electrons. The number of rotatable bonds is 7. The van der Waals surface area contributed by atoms with Gasteiger partial charge in [-0.3, -0.25) is 14.9 Å². The number of carboxylic acids is 1. The smallest absolute Gasteiger partial charge is 0.335 e. The van der Waals surface area contributed by atoms with E-state index in [1.807, 2.05) is 30.3 Å². The predicted octanol–water partition coefficient (Wildman–Crippen LogP) is 4.56.